The van der Waals surface area contributed by atoms with Gasteiger partial charge in [0, 0.05) is 70.5 Å². The van der Waals surface area contributed by atoms with Crippen molar-refractivity contribution in [1.29, 1.82) is 0 Å². The first-order valence-electron chi connectivity index (χ1n) is 17.8. The van der Waals surface area contributed by atoms with Gasteiger partial charge in [0.15, 0.2) is 5.72 Å². The third-order valence-electron chi connectivity index (χ3n) is 11.4. The van der Waals surface area contributed by atoms with E-state index in [9.17, 15) is 0 Å². The highest BCUT2D eigenvalue weighted by Crippen LogP contribution is 2.53. The first kappa shape index (κ1) is 35.2. The molecule has 4 aromatic carbocycles. The van der Waals surface area contributed by atoms with Crippen molar-refractivity contribution in [3.63, 3.8) is 0 Å². The highest BCUT2D eigenvalue weighted by Gasteiger charge is 2.55. The molecule has 0 spiro atoms. The van der Waals surface area contributed by atoms with E-state index >= 15 is 0 Å². The number of methoxy groups -OCH3 is 1. The summed E-state index contributed by atoms with van der Waals surface area (Å²) < 4.78 is 6.54. The van der Waals surface area contributed by atoms with Gasteiger partial charge in [-0.05, 0) is 114 Å². The van der Waals surface area contributed by atoms with Crippen LogP contribution < -0.4 is 14.7 Å². The molecule has 0 amide bonds. The minimum Gasteiger partial charge on any atom is -0.354 e. The van der Waals surface area contributed by atoms with Crippen molar-refractivity contribution >= 4 is 46.0 Å². The summed E-state index contributed by atoms with van der Waals surface area (Å²) in [6.07, 6.45) is 12.2. The summed E-state index contributed by atoms with van der Waals surface area (Å²) in [5.41, 5.74) is 10.7. The van der Waals surface area contributed by atoms with Gasteiger partial charge in [0.2, 0.25) is 0 Å². The number of hydrogen-bond acceptors (Lipinski definition) is 4. The molecule has 0 N–H and O–H groups in total. The molecule has 0 fully saturated rings. The van der Waals surface area contributed by atoms with E-state index in [2.05, 4.69) is 166 Å². The average molecular weight is 717 g/mol. The Morgan fingerprint density at radius 2 is 1.31 bits per heavy atom. The molecule has 0 bridgehead atoms. The molecular formula is C45H47Cl2N3O. The van der Waals surface area contributed by atoms with E-state index in [4.69, 9.17) is 27.9 Å². The van der Waals surface area contributed by atoms with Crippen LogP contribution in [0.1, 0.15) is 58.1 Å². The zero-order chi connectivity index (χ0) is 36.1. The maximum absolute atomic E-state index is 6.55. The first-order chi connectivity index (χ1) is 24.4. The smallest absolute Gasteiger partial charge is 0.169 e. The van der Waals surface area contributed by atoms with Gasteiger partial charge in [-0.3, -0.25) is 0 Å². The lowest BCUT2D eigenvalue weighted by Gasteiger charge is -2.43. The molecule has 1 unspecified atom stereocenters. The van der Waals surface area contributed by atoms with E-state index in [-0.39, 0.29) is 10.8 Å². The van der Waals surface area contributed by atoms with Gasteiger partial charge in [0.1, 0.15) is 0 Å². The number of nitrogens with zero attached hydrogens (tertiary/aromatic N) is 3. The number of fused-ring (bicyclic) bond motifs is 2. The fourth-order valence-corrected chi connectivity index (χ4v) is 9.00. The lowest BCUT2D eigenvalue weighted by molar-refractivity contribution is -0.0128. The quantitative estimate of drug-likeness (QED) is 0.190. The molecule has 1 atom stereocenters. The second-order valence-corrected chi connectivity index (χ2v) is 15.8. The van der Waals surface area contributed by atoms with Gasteiger partial charge in [-0.1, -0.05) is 99.4 Å². The Labute approximate surface area is 313 Å². The van der Waals surface area contributed by atoms with Crippen LogP contribution in [0.4, 0.5) is 22.7 Å². The summed E-state index contributed by atoms with van der Waals surface area (Å²) in [6.45, 7) is 9.07. The van der Waals surface area contributed by atoms with Crippen molar-refractivity contribution in [3.8, 4) is 0 Å². The zero-order valence-electron chi connectivity index (χ0n) is 30.7. The third-order valence-corrected chi connectivity index (χ3v) is 11.9. The van der Waals surface area contributed by atoms with Crippen LogP contribution in [0, 0.1) is 0 Å². The van der Waals surface area contributed by atoms with Crippen molar-refractivity contribution in [3.05, 3.63) is 165 Å². The number of hydrogen-bond donors (Lipinski definition) is 0. The largest absolute Gasteiger partial charge is 0.354 e. The van der Waals surface area contributed by atoms with E-state index in [0.717, 1.165) is 46.4 Å². The number of anilines is 4. The number of benzene rings is 4. The van der Waals surface area contributed by atoms with Crippen LogP contribution in [0.3, 0.4) is 0 Å². The molecule has 2 heterocycles. The molecule has 0 aromatic heterocycles. The summed E-state index contributed by atoms with van der Waals surface area (Å²) >= 11 is 13.0. The molecule has 2 aliphatic heterocycles. The molecule has 3 aliphatic rings. The summed E-state index contributed by atoms with van der Waals surface area (Å²) in [4.78, 5) is 7.00. The Balaban J connectivity index is 1.42. The second-order valence-electron chi connectivity index (χ2n) is 14.9. The summed E-state index contributed by atoms with van der Waals surface area (Å²) in [5, 5.41) is 1.50. The molecule has 4 aromatic rings. The molecule has 0 saturated heterocycles. The lowest BCUT2D eigenvalue weighted by atomic mass is 9.76. The molecule has 51 heavy (non-hydrogen) atoms. The minimum absolute atomic E-state index is 0.201. The highest BCUT2D eigenvalue weighted by molar-refractivity contribution is 6.31. The number of likely N-dealkylation sites (N-methyl/N-ethyl adjacent to an activating group) is 2. The Morgan fingerprint density at radius 3 is 1.92 bits per heavy atom. The Kier molecular flexibility index (Phi) is 9.24. The topological polar surface area (TPSA) is 19.0 Å². The molecule has 7 rings (SSSR count). The normalized spacial score (nSPS) is 22.3. The number of halogens is 2. The number of rotatable bonds is 7. The Hall–Kier alpha value is -4.22. The lowest BCUT2D eigenvalue weighted by Crippen LogP contribution is -2.54. The molecule has 0 radical (unpaired) electrons. The molecule has 6 heteroatoms. The molecule has 1 aliphatic carbocycles. The SMILES string of the molecule is COC1(C=CC2=C(N(c3ccccc3)c3ccccc3)C(=CC=C3N(C)c4ccc(Cl)cc4C3(C)C)CCC2)N(C)c2ccc(Cl)cc2C1(C)C. The molecule has 262 valence electrons. The van der Waals surface area contributed by atoms with Crippen molar-refractivity contribution in [1.82, 2.24) is 0 Å². The van der Waals surface area contributed by atoms with E-state index in [1.807, 2.05) is 19.2 Å². The number of ether oxygens (including phenoxy) is 1. The monoisotopic (exact) mass is 715 g/mol. The van der Waals surface area contributed by atoms with Crippen molar-refractivity contribution in [2.45, 2.75) is 63.5 Å². The number of para-hydroxylation sites is 2. The van der Waals surface area contributed by atoms with E-state index in [1.54, 1.807) is 0 Å². The maximum Gasteiger partial charge on any atom is 0.169 e. The van der Waals surface area contributed by atoms with Gasteiger partial charge in [0.25, 0.3) is 0 Å². The predicted octanol–water partition coefficient (Wildman–Crippen LogP) is 12.1. The highest BCUT2D eigenvalue weighted by atomic mass is 35.5. The van der Waals surface area contributed by atoms with Gasteiger partial charge in [-0.15, -0.1) is 0 Å². The molecule has 4 nitrogen and oxygen atoms in total. The van der Waals surface area contributed by atoms with Crippen LogP contribution in [0.2, 0.25) is 10.0 Å². The van der Waals surface area contributed by atoms with E-state index in [1.165, 1.54) is 39.4 Å². The fourth-order valence-electron chi connectivity index (χ4n) is 8.66. The molecule has 0 saturated carbocycles. The van der Waals surface area contributed by atoms with E-state index in [0.29, 0.717) is 0 Å². The number of allylic oxidation sites excluding steroid dienone is 6. The van der Waals surface area contributed by atoms with Crippen LogP contribution >= 0.6 is 23.2 Å². The van der Waals surface area contributed by atoms with Crippen molar-refractivity contribution in [2.24, 2.45) is 0 Å². The van der Waals surface area contributed by atoms with Crippen molar-refractivity contribution in [2.75, 3.05) is 35.9 Å². The maximum atomic E-state index is 6.55. The van der Waals surface area contributed by atoms with Crippen LogP contribution in [0.15, 0.2) is 144 Å². The predicted molar refractivity (Wildman–Crippen MR) is 217 cm³/mol. The summed E-state index contributed by atoms with van der Waals surface area (Å²) in [7, 11) is 6.09. The van der Waals surface area contributed by atoms with E-state index < -0.39 is 5.72 Å². The summed E-state index contributed by atoms with van der Waals surface area (Å²) in [5.74, 6) is 0. The molecular weight excluding hydrogens is 669 g/mol. The Bertz CT molecular complexity index is 2040. The first-order valence-corrected chi connectivity index (χ1v) is 18.5. The van der Waals surface area contributed by atoms with Crippen LogP contribution in [-0.4, -0.2) is 26.9 Å². The summed E-state index contributed by atoms with van der Waals surface area (Å²) in [6, 6.07) is 33.8. The minimum atomic E-state index is -0.727. The second kappa shape index (κ2) is 13.4. The van der Waals surface area contributed by atoms with Crippen LogP contribution in [-0.2, 0) is 15.6 Å². The van der Waals surface area contributed by atoms with Gasteiger partial charge < -0.3 is 19.4 Å². The van der Waals surface area contributed by atoms with Gasteiger partial charge in [0.05, 0.1) is 5.70 Å². The zero-order valence-corrected chi connectivity index (χ0v) is 32.2. The standard InChI is InChI=1S/C45H47Cl2N3O/c1-43(2)37-29-33(46)22-24-39(37)48(5)41(43)26-21-31-15-14-16-32(42(31)50(35-17-10-8-11-18-35)36-19-12-9-13-20-36)27-28-45(51-7)44(3,4)38-30-34(47)23-25-40(38)49(45)6/h8-13,17-30H,14-16H2,1-7H3. The van der Waals surface area contributed by atoms with Crippen LogP contribution in [0.5, 0.6) is 0 Å². The average Bonchev–Trinajstić information content (AvgIpc) is 3.41. The fraction of sp³-hybridized carbons (Fsp3) is 0.289. The Morgan fingerprint density at radius 1 is 0.725 bits per heavy atom. The third kappa shape index (κ3) is 5.82. The van der Waals surface area contributed by atoms with Gasteiger partial charge in [-0.2, -0.15) is 0 Å². The van der Waals surface area contributed by atoms with Crippen LogP contribution in [0.25, 0.3) is 0 Å². The van der Waals surface area contributed by atoms with Gasteiger partial charge in [-0.25, -0.2) is 0 Å². The van der Waals surface area contributed by atoms with Gasteiger partial charge >= 0.3 is 0 Å². The van der Waals surface area contributed by atoms with Crippen molar-refractivity contribution < 1.29 is 4.74 Å².